The molecule has 0 radical (unpaired) electrons. The Labute approximate surface area is 240 Å². The number of aromatic nitrogens is 4. The maximum atomic E-state index is 13.8. The van der Waals surface area contributed by atoms with E-state index in [4.69, 9.17) is 4.74 Å². The summed E-state index contributed by atoms with van der Waals surface area (Å²) in [5.74, 6) is -0.224. The van der Waals surface area contributed by atoms with Gasteiger partial charge in [-0.05, 0) is 35.4 Å². The molecule has 1 N–H and O–H groups in total. The van der Waals surface area contributed by atoms with Gasteiger partial charge in [0.2, 0.25) is 11.7 Å². The Morgan fingerprint density at radius 3 is 2.29 bits per heavy atom. The van der Waals surface area contributed by atoms with Crippen LogP contribution in [-0.2, 0) is 20.9 Å². The van der Waals surface area contributed by atoms with Crippen molar-refractivity contribution in [1.82, 2.24) is 40.2 Å². The van der Waals surface area contributed by atoms with Gasteiger partial charge in [-0.15, -0.1) is 10.2 Å². The predicted octanol–water partition coefficient (Wildman–Crippen LogP) is 2.50. The Morgan fingerprint density at radius 2 is 1.66 bits per heavy atom. The summed E-state index contributed by atoms with van der Waals surface area (Å²) in [6.07, 6.45) is 1.69. The molecule has 2 aromatic carbocycles. The third-order valence-electron chi connectivity index (χ3n) is 7.20. The standard InChI is InChI=1S/C29H38N8O4/c1-4-5-14-36(29(40)37(21-27(39)41-3)20-26(38)35-17-15-34(2)16-18-35)19-22-10-12-23(13-11-22)24-8-6-7-9-25(24)28-30-32-33-31-28/h6-13H,4-5,14-21H2,1-3H3,(H,30,31,32,33). The first kappa shape index (κ1) is 29.7. The topological polar surface area (TPSA) is 128 Å². The maximum absolute atomic E-state index is 13.8. The van der Waals surface area contributed by atoms with E-state index < -0.39 is 5.97 Å². The molecule has 0 bridgehead atoms. The lowest BCUT2D eigenvalue weighted by molar-refractivity contribution is -0.142. The number of methoxy groups -OCH3 is 1. The number of amides is 3. The van der Waals surface area contributed by atoms with Crippen molar-refractivity contribution in [2.75, 3.05) is 60.0 Å². The van der Waals surface area contributed by atoms with E-state index >= 15 is 0 Å². The van der Waals surface area contributed by atoms with Crippen LogP contribution in [0.1, 0.15) is 25.3 Å². The molecule has 12 nitrogen and oxygen atoms in total. The summed E-state index contributed by atoms with van der Waals surface area (Å²) in [7, 11) is 3.29. The van der Waals surface area contributed by atoms with Crippen molar-refractivity contribution in [3.05, 3.63) is 54.1 Å². The molecular weight excluding hydrogens is 524 g/mol. The Morgan fingerprint density at radius 1 is 0.951 bits per heavy atom. The summed E-state index contributed by atoms with van der Waals surface area (Å²) in [6, 6.07) is 15.4. The van der Waals surface area contributed by atoms with Crippen molar-refractivity contribution in [3.63, 3.8) is 0 Å². The highest BCUT2D eigenvalue weighted by atomic mass is 16.5. The molecule has 0 saturated carbocycles. The molecule has 1 fully saturated rings. The SMILES string of the molecule is CCCCN(Cc1ccc(-c2ccccc2-c2nn[nH]n2)cc1)C(=O)N(CC(=O)OC)CC(=O)N1CCN(C)CC1. The molecule has 1 aliphatic rings. The number of nitrogens with zero attached hydrogens (tertiary/aromatic N) is 7. The zero-order valence-corrected chi connectivity index (χ0v) is 24.0. The third kappa shape index (κ3) is 7.88. The number of benzene rings is 2. The van der Waals surface area contributed by atoms with E-state index in [0.717, 1.165) is 48.2 Å². The lowest BCUT2D eigenvalue weighted by atomic mass is 9.98. The minimum atomic E-state index is -0.565. The molecule has 218 valence electrons. The number of urea groups is 1. The number of carbonyl (C=O) groups is 3. The number of rotatable bonds is 11. The monoisotopic (exact) mass is 562 g/mol. The number of hydrogen-bond acceptors (Lipinski definition) is 8. The van der Waals surface area contributed by atoms with Crippen LogP contribution in [0.5, 0.6) is 0 Å². The summed E-state index contributed by atoms with van der Waals surface area (Å²) >= 11 is 0. The van der Waals surface area contributed by atoms with Crippen LogP contribution in [-0.4, -0.2) is 118 Å². The highest BCUT2D eigenvalue weighted by Crippen LogP contribution is 2.30. The second-order valence-corrected chi connectivity index (χ2v) is 10.2. The van der Waals surface area contributed by atoms with Crippen LogP contribution in [0.2, 0.25) is 0 Å². The molecule has 2 heterocycles. The van der Waals surface area contributed by atoms with Gasteiger partial charge in [-0.1, -0.05) is 61.9 Å². The summed E-state index contributed by atoms with van der Waals surface area (Å²) in [5, 5.41) is 14.4. The van der Waals surface area contributed by atoms with Crippen LogP contribution in [0.25, 0.3) is 22.5 Å². The van der Waals surface area contributed by atoms with E-state index in [-0.39, 0.29) is 25.0 Å². The number of nitrogens with one attached hydrogen (secondary N) is 1. The first-order chi connectivity index (χ1) is 19.9. The van der Waals surface area contributed by atoms with E-state index in [1.807, 2.05) is 55.6 Å². The molecule has 12 heteroatoms. The summed E-state index contributed by atoms with van der Waals surface area (Å²) in [4.78, 5) is 46.0. The fourth-order valence-corrected chi connectivity index (χ4v) is 4.74. The summed E-state index contributed by atoms with van der Waals surface area (Å²) < 4.78 is 4.85. The van der Waals surface area contributed by atoms with Gasteiger partial charge in [0.25, 0.3) is 0 Å². The Kier molecular flexibility index (Phi) is 10.4. The van der Waals surface area contributed by atoms with E-state index in [0.29, 0.717) is 32.0 Å². The van der Waals surface area contributed by atoms with Crippen LogP contribution in [0.3, 0.4) is 0 Å². The maximum Gasteiger partial charge on any atom is 0.325 e. The van der Waals surface area contributed by atoms with Gasteiger partial charge >= 0.3 is 12.0 Å². The van der Waals surface area contributed by atoms with Gasteiger partial charge < -0.3 is 24.3 Å². The quantitative estimate of drug-likeness (QED) is 0.353. The molecule has 0 spiro atoms. The number of hydrogen-bond donors (Lipinski definition) is 1. The third-order valence-corrected chi connectivity index (χ3v) is 7.20. The number of piperazine rings is 1. The zero-order chi connectivity index (χ0) is 29.2. The molecule has 0 atom stereocenters. The van der Waals surface area contributed by atoms with Crippen LogP contribution in [0.15, 0.2) is 48.5 Å². The molecule has 0 aliphatic carbocycles. The largest absolute Gasteiger partial charge is 0.468 e. The van der Waals surface area contributed by atoms with Crippen molar-refractivity contribution in [1.29, 1.82) is 0 Å². The van der Waals surface area contributed by atoms with Crippen molar-refractivity contribution in [2.24, 2.45) is 0 Å². The normalized spacial score (nSPS) is 13.6. The second-order valence-electron chi connectivity index (χ2n) is 10.2. The van der Waals surface area contributed by atoms with E-state index in [1.54, 1.807) is 9.80 Å². The first-order valence-corrected chi connectivity index (χ1v) is 13.9. The van der Waals surface area contributed by atoms with Gasteiger partial charge in [0, 0.05) is 44.8 Å². The van der Waals surface area contributed by atoms with Crippen LogP contribution in [0.4, 0.5) is 4.79 Å². The van der Waals surface area contributed by atoms with Gasteiger partial charge in [0.1, 0.15) is 13.1 Å². The van der Waals surface area contributed by atoms with Gasteiger partial charge in [0.15, 0.2) is 0 Å². The minimum Gasteiger partial charge on any atom is -0.468 e. The molecule has 3 aromatic rings. The van der Waals surface area contributed by atoms with Gasteiger partial charge in [-0.3, -0.25) is 9.59 Å². The Balaban J connectivity index is 1.51. The number of tetrazole rings is 1. The van der Waals surface area contributed by atoms with Crippen LogP contribution in [0, 0.1) is 0 Å². The number of likely N-dealkylation sites (N-methyl/N-ethyl adjacent to an activating group) is 1. The number of unbranched alkanes of at least 4 members (excludes halogenated alkanes) is 1. The summed E-state index contributed by atoms with van der Waals surface area (Å²) in [5.41, 5.74) is 3.73. The number of carbonyl (C=O) groups excluding carboxylic acids is 3. The highest BCUT2D eigenvalue weighted by Gasteiger charge is 2.28. The minimum absolute atomic E-state index is 0.171. The zero-order valence-electron chi connectivity index (χ0n) is 24.0. The Bertz CT molecular complexity index is 1290. The fraction of sp³-hybridized carbons (Fsp3) is 0.448. The average Bonchev–Trinajstić information content (AvgIpc) is 3.54. The van der Waals surface area contributed by atoms with Crippen molar-refractivity contribution >= 4 is 17.9 Å². The van der Waals surface area contributed by atoms with E-state index in [9.17, 15) is 14.4 Å². The lowest BCUT2D eigenvalue weighted by Crippen LogP contribution is -2.53. The van der Waals surface area contributed by atoms with Gasteiger partial charge in [-0.2, -0.15) is 5.21 Å². The fourth-order valence-electron chi connectivity index (χ4n) is 4.74. The first-order valence-electron chi connectivity index (χ1n) is 13.9. The number of aromatic amines is 1. The van der Waals surface area contributed by atoms with E-state index in [2.05, 4.69) is 32.4 Å². The number of esters is 1. The van der Waals surface area contributed by atoms with Crippen molar-refractivity contribution in [3.8, 4) is 22.5 Å². The molecule has 1 aliphatic heterocycles. The van der Waals surface area contributed by atoms with Gasteiger partial charge in [-0.25, -0.2) is 4.79 Å². The number of H-pyrrole nitrogens is 1. The highest BCUT2D eigenvalue weighted by molar-refractivity contribution is 5.87. The predicted molar refractivity (Wildman–Crippen MR) is 153 cm³/mol. The molecule has 3 amide bonds. The Hall–Kier alpha value is -4.32. The van der Waals surface area contributed by atoms with Crippen LogP contribution >= 0.6 is 0 Å². The van der Waals surface area contributed by atoms with E-state index in [1.165, 1.54) is 12.0 Å². The molecule has 1 saturated heterocycles. The molecule has 41 heavy (non-hydrogen) atoms. The van der Waals surface area contributed by atoms with Crippen molar-refractivity contribution in [2.45, 2.75) is 26.3 Å². The average molecular weight is 563 g/mol. The molecule has 4 rings (SSSR count). The lowest BCUT2D eigenvalue weighted by Gasteiger charge is -2.35. The number of ether oxygens (including phenoxy) is 1. The smallest absolute Gasteiger partial charge is 0.325 e. The molecular formula is C29H38N8O4. The van der Waals surface area contributed by atoms with Gasteiger partial charge in [0.05, 0.1) is 7.11 Å². The van der Waals surface area contributed by atoms with Crippen molar-refractivity contribution < 1.29 is 19.1 Å². The summed E-state index contributed by atoms with van der Waals surface area (Å²) in [6.45, 7) is 5.17. The molecule has 0 unspecified atom stereocenters. The van der Waals surface area contributed by atoms with Crippen LogP contribution < -0.4 is 0 Å². The second kappa shape index (κ2) is 14.4. The molecule has 1 aromatic heterocycles.